The molecular weight excluding hydrogens is 529 g/mol. The van der Waals surface area contributed by atoms with Gasteiger partial charge in [0.25, 0.3) is 0 Å². The van der Waals surface area contributed by atoms with Gasteiger partial charge in [0.2, 0.25) is 0 Å². The van der Waals surface area contributed by atoms with Crippen molar-refractivity contribution in [3.8, 4) is 5.69 Å². The van der Waals surface area contributed by atoms with E-state index < -0.39 is 20.5 Å². The molecule has 2 fully saturated rings. The Bertz CT molecular complexity index is 1770. The van der Waals surface area contributed by atoms with Crippen LogP contribution in [0.3, 0.4) is 0 Å². The summed E-state index contributed by atoms with van der Waals surface area (Å²) in [6, 6.07) is 9.87. The largest absolute Gasteiger partial charge is 0.291 e. The summed E-state index contributed by atoms with van der Waals surface area (Å²) in [5.41, 5.74) is 3.70. The van der Waals surface area contributed by atoms with Crippen LogP contribution in [0.2, 0.25) is 0 Å². The number of sulfone groups is 1. The normalized spacial score (nSPS) is 22.4. The summed E-state index contributed by atoms with van der Waals surface area (Å²) in [6.07, 6.45) is 12.0. The maximum atomic E-state index is 14.4. The molecule has 40 heavy (non-hydrogen) atoms. The first-order valence-electron chi connectivity index (χ1n) is 13.5. The van der Waals surface area contributed by atoms with Crippen molar-refractivity contribution in [1.82, 2.24) is 24.5 Å². The number of aryl methyl sites for hydroxylation is 1. The molecule has 3 aliphatic rings. The van der Waals surface area contributed by atoms with Crippen LogP contribution in [0.1, 0.15) is 65.3 Å². The molecule has 8 nitrogen and oxygen atoms in total. The average molecular weight is 558 g/mol. The van der Waals surface area contributed by atoms with Crippen LogP contribution in [0.25, 0.3) is 11.8 Å². The standard InChI is InChI=1S/C30H28FN5O3S/c1-35-18-26(17-33-35)40(38,39)25-10-5-22-12-28-21(16-34-36(28)24-8-6-23(31)7-9-24)13-30(22,14-25)29(37)27-11-4-20(15-32-27)19-2-3-19/h4,6-9,11-12,15-19,25H,2-3,5,10,13-14H2,1H3/t25-,30-/m0/s1. The van der Waals surface area contributed by atoms with E-state index in [4.69, 9.17) is 0 Å². The zero-order valence-corrected chi connectivity index (χ0v) is 22.8. The Morgan fingerprint density at radius 2 is 1.82 bits per heavy atom. The first-order chi connectivity index (χ1) is 19.2. The number of carbonyl (C=O) groups is 1. The number of halogens is 1. The zero-order valence-electron chi connectivity index (χ0n) is 22.0. The molecule has 2 saturated carbocycles. The number of carbonyl (C=O) groups excluding carboxylic acids is 1. The molecule has 0 aliphatic heterocycles. The highest BCUT2D eigenvalue weighted by molar-refractivity contribution is 7.92. The molecule has 0 unspecified atom stereocenters. The molecule has 0 spiro atoms. The lowest BCUT2D eigenvalue weighted by atomic mass is 9.61. The molecule has 204 valence electrons. The minimum absolute atomic E-state index is 0.155. The van der Waals surface area contributed by atoms with Crippen molar-refractivity contribution in [3.63, 3.8) is 0 Å². The number of fused-ring (bicyclic) bond motifs is 2. The lowest BCUT2D eigenvalue weighted by molar-refractivity contribution is 0.0796. The Balaban J connectivity index is 1.31. The molecule has 0 N–H and O–H groups in total. The molecule has 1 aromatic carbocycles. The van der Waals surface area contributed by atoms with Crippen molar-refractivity contribution in [2.75, 3.05) is 0 Å². The SMILES string of the molecule is Cn1cc(S(=O)(=O)[C@H]2CCC3=Cc4c(cnn4-c4ccc(F)cc4)C[C@]3(C(=O)c3ccc(C4CC4)cn3)C2)cn1. The third-order valence-electron chi connectivity index (χ3n) is 8.64. The third-order valence-corrected chi connectivity index (χ3v) is 10.8. The number of hydrogen-bond donors (Lipinski definition) is 0. The maximum absolute atomic E-state index is 14.4. The van der Waals surface area contributed by atoms with Gasteiger partial charge in [0.1, 0.15) is 16.4 Å². The Kier molecular flexibility index (Phi) is 5.68. The number of benzene rings is 1. The summed E-state index contributed by atoms with van der Waals surface area (Å²) < 4.78 is 44.2. The summed E-state index contributed by atoms with van der Waals surface area (Å²) in [5, 5.41) is 7.90. The third kappa shape index (κ3) is 4.04. The minimum Gasteiger partial charge on any atom is -0.291 e. The summed E-state index contributed by atoms with van der Waals surface area (Å²) >= 11 is 0. The Hall–Kier alpha value is -3.92. The summed E-state index contributed by atoms with van der Waals surface area (Å²) in [4.78, 5) is 19.1. The number of nitrogens with zero attached hydrogens (tertiary/aromatic N) is 5. The van der Waals surface area contributed by atoms with Crippen LogP contribution in [0, 0.1) is 11.2 Å². The Morgan fingerprint density at radius 3 is 2.50 bits per heavy atom. The average Bonchev–Trinajstić information content (AvgIpc) is 3.59. The number of hydrogen-bond acceptors (Lipinski definition) is 6. The van der Waals surface area contributed by atoms with Gasteiger partial charge in [-0.3, -0.25) is 14.5 Å². The number of rotatable bonds is 6. The van der Waals surface area contributed by atoms with E-state index in [0.29, 0.717) is 36.6 Å². The lowest BCUT2D eigenvalue weighted by Crippen LogP contribution is -2.45. The molecule has 0 saturated heterocycles. The van der Waals surface area contributed by atoms with E-state index in [9.17, 15) is 17.6 Å². The van der Waals surface area contributed by atoms with Crippen LogP contribution in [-0.4, -0.2) is 44.0 Å². The molecule has 7 rings (SSSR count). The zero-order chi connectivity index (χ0) is 27.6. The van der Waals surface area contributed by atoms with E-state index >= 15 is 0 Å². The van der Waals surface area contributed by atoms with Crippen LogP contribution in [0.5, 0.6) is 0 Å². The van der Waals surface area contributed by atoms with Gasteiger partial charge in [0.15, 0.2) is 15.6 Å². The topological polar surface area (TPSA) is 99.7 Å². The van der Waals surface area contributed by atoms with Gasteiger partial charge >= 0.3 is 0 Å². The van der Waals surface area contributed by atoms with E-state index in [0.717, 1.165) is 35.2 Å². The van der Waals surface area contributed by atoms with Crippen molar-refractivity contribution in [2.24, 2.45) is 12.5 Å². The Morgan fingerprint density at radius 1 is 1.02 bits per heavy atom. The quantitative estimate of drug-likeness (QED) is 0.314. The number of aromatic nitrogens is 5. The van der Waals surface area contributed by atoms with Crippen LogP contribution in [-0.2, 0) is 23.3 Å². The van der Waals surface area contributed by atoms with Gasteiger partial charge in [0.05, 0.1) is 34.4 Å². The molecule has 2 atom stereocenters. The molecule has 0 amide bonds. The Labute approximate surface area is 231 Å². The van der Waals surface area contributed by atoms with Gasteiger partial charge in [0, 0.05) is 19.4 Å². The smallest absolute Gasteiger partial charge is 0.191 e. The second-order valence-electron chi connectivity index (χ2n) is 11.2. The second kappa shape index (κ2) is 9.05. The first kappa shape index (κ1) is 25.1. The van der Waals surface area contributed by atoms with Gasteiger partial charge in [-0.25, -0.2) is 17.5 Å². The number of ketones is 1. The molecule has 4 aromatic rings. The van der Waals surface area contributed by atoms with Crippen molar-refractivity contribution in [2.45, 2.75) is 54.6 Å². The molecule has 10 heteroatoms. The summed E-state index contributed by atoms with van der Waals surface area (Å²) in [6.45, 7) is 0. The molecule has 3 aromatic heterocycles. The van der Waals surface area contributed by atoms with Gasteiger partial charge in [-0.15, -0.1) is 0 Å². The van der Waals surface area contributed by atoms with Crippen LogP contribution in [0.15, 0.2) is 71.7 Å². The first-order valence-corrected chi connectivity index (χ1v) is 15.1. The van der Waals surface area contributed by atoms with Crippen molar-refractivity contribution in [1.29, 1.82) is 0 Å². The van der Waals surface area contributed by atoms with E-state index in [1.54, 1.807) is 42.3 Å². The van der Waals surface area contributed by atoms with E-state index in [1.807, 2.05) is 12.1 Å². The van der Waals surface area contributed by atoms with Gasteiger partial charge in [-0.05, 0) is 92.0 Å². The highest BCUT2D eigenvalue weighted by atomic mass is 32.2. The van der Waals surface area contributed by atoms with E-state index in [2.05, 4.69) is 15.2 Å². The fraction of sp³-hybridized carbons (Fsp3) is 0.333. The van der Waals surface area contributed by atoms with Crippen molar-refractivity contribution in [3.05, 3.63) is 95.1 Å². The fourth-order valence-corrected chi connectivity index (χ4v) is 8.11. The van der Waals surface area contributed by atoms with E-state index in [-0.39, 0.29) is 22.9 Å². The number of Topliss-reactive ketones (excluding diaryl/α,β-unsaturated/α-hetero) is 1. The van der Waals surface area contributed by atoms with Crippen LogP contribution < -0.4 is 0 Å². The van der Waals surface area contributed by atoms with Crippen LogP contribution >= 0.6 is 0 Å². The van der Waals surface area contributed by atoms with Gasteiger partial charge in [-0.1, -0.05) is 11.6 Å². The monoisotopic (exact) mass is 557 g/mol. The van der Waals surface area contributed by atoms with Crippen LogP contribution in [0.4, 0.5) is 4.39 Å². The predicted octanol–water partition coefficient (Wildman–Crippen LogP) is 4.85. The molecular formula is C30H28FN5O3S. The fourth-order valence-electron chi connectivity index (χ4n) is 6.30. The predicted molar refractivity (Wildman–Crippen MR) is 146 cm³/mol. The minimum atomic E-state index is -3.71. The van der Waals surface area contributed by atoms with Gasteiger partial charge < -0.3 is 0 Å². The molecule has 0 bridgehead atoms. The molecule has 3 heterocycles. The summed E-state index contributed by atoms with van der Waals surface area (Å²) in [7, 11) is -2.03. The second-order valence-corrected chi connectivity index (χ2v) is 13.4. The summed E-state index contributed by atoms with van der Waals surface area (Å²) in [5.74, 6) is 0.0250. The number of pyridine rings is 1. The molecule has 0 radical (unpaired) electrons. The number of allylic oxidation sites excluding steroid dienone is 1. The van der Waals surface area contributed by atoms with Crippen molar-refractivity contribution < 1.29 is 17.6 Å². The highest BCUT2D eigenvalue weighted by Gasteiger charge is 2.52. The lowest BCUT2D eigenvalue weighted by Gasteiger charge is -2.43. The van der Waals surface area contributed by atoms with Crippen molar-refractivity contribution >= 4 is 21.7 Å². The molecule has 3 aliphatic carbocycles. The highest BCUT2D eigenvalue weighted by Crippen LogP contribution is 2.52. The van der Waals surface area contributed by atoms with E-state index in [1.165, 1.54) is 29.2 Å². The maximum Gasteiger partial charge on any atom is 0.191 e. The van der Waals surface area contributed by atoms with Gasteiger partial charge in [-0.2, -0.15) is 10.2 Å².